The molecule has 28 heavy (non-hydrogen) atoms. The minimum Gasteiger partial charge on any atom is -0.493 e. The third kappa shape index (κ3) is 6.21. The third-order valence-corrected chi connectivity index (χ3v) is 4.34. The van der Waals surface area contributed by atoms with Crippen molar-refractivity contribution < 1.29 is 19.4 Å². The summed E-state index contributed by atoms with van der Waals surface area (Å²) in [7, 11) is 0. The van der Waals surface area contributed by atoms with Crippen LogP contribution in [0, 0.1) is 0 Å². The van der Waals surface area contributed by atoms with Crippen LogP contribution in [0.15, 0.2) is 42.7 Å². The number of carboxylic acids is 1. The quantitative estimate of drug-likeness (QED) is 0.716. The van der Waals surface area contributed by atoms with Crippen molar-refractivity contribution in [3.63, 3.8) is 0 Å². The molecule has 2 aromatic rings. The highest BCUT2D eigenvalue weighted by molar-refractivity contribution is 6.30. The predicted molar refractivity (Wildman–Crippen MR) is 107 cm³/mol. The number of nitrogens with two attached hydrogens (primary N) is 1. The first-order valence-electron chi connectivity index (χ1n) is 8.93. The second-order valence-electron chi connectivity index (χ2n) is 6.34. The summed E-state index contributed by atoms with van der Waals surface area (Å²) in [4.78, 5) is 27.7. The van der Waals surface area contributed by atoms with Crippen LogP contribution < -0.4 is 10.5 Å². The molecule has 1 aromatic carbocycles. The molecule has 0 unspecified atom stereocenters. The Bertz CT molecular complexity index is 791. The molecule has 1 fully saturated rings. The van der Waals surface area contributed by atoms with E-state index in [1.54, 1.807) is 24.4 Å². The van der Waals surface area contributed by atoms with E-state index in [1.165, 1.54) is 0 Å². The van der Waals surface area contributed by atoms with Crippen LogP contribution in [0.3, 0.4) is 0 Å². The van der Waals surface area contributed by atoms with E-state index >= 15 is 0 Å². The van der Waals surface area contributed by atoms with Crippen molar-refractivity contribution in [3.05, 3.63) is 58.9 Å². The molecule has 1 saturated heterocycles. The molecular weight excluding hydrogens is 382 g/mol. The predicted octanol–water partition coefficient (Wildman–Crippen LogP) is 2.79. The van der Waals surface area contributed by atoms with E-state index in [0.29, 0.717) is 48.5 Å². The summed E-state index contributed by atoms with van der Waals surface area (Å²) >= 11 is 6.03. The standard InChI is InChI=1S/C18H20ClN3O2.C2H4O2/c19-15-4-5-16(17(9-15)24-8-2-6-20)18(23)22-11-14(12-22)13-3-1-7-21-10-13;1-2(3)4/h1,3-5,7,9-10,14H,2,6,8,11-12,20H2;1H3,(H,3,4). The van der Waals surface area contributed by atoms with Gasteiger partial charge < -0.3 is 20.5 Å². The van der Waals surface area contributed by atoms with Gasteiger partial charge in [0.15, 0.2) is 0 Å². The number of hydrogen-bond donors (Lipinski definition) is 2. The lowest BCUT2D eigenvalue weighted by Gasteiger charge is -2.39. The summed E-state index contributed by atoms with van der Waals surface area (Å²) in [6, 6.07) is 9.08. The molecule has 1 amide bonds. The molecule has 150 valence electrons. The summed E-state index contributed by atoms with van der Waals surface area (Å²) in [6.45, 7) is 3.48. The van der Waals surface area contributed by atoms with Crippen molar-refractivity contribution in [1.82, 2.24) is 9.88 Å². The Morgan fingerprint density at radius 3 is 2.68 bits per heavy atom. The third-order valence-electron chi connectivity index (χ3n) is 4.10. The Labute approximate surface area is 169 Å². The van der Waals surface area contributed by atoms with Crippen molar-refractivity contribution in [1.29, 1.82) is 0 Å². The van der Waals surface area contributed by atoms with E-state index < -0.39 is 5.97 Å². The zero-order valence-corrected chi connectivity index (χ0v) is 16.4. The molecule has 1 aromatic heterocycles. The minimum atomic E-state index is -0.833. The molecule has 3 N–H and O–H groups in total. The highest BCUT2D eigenvalue weighted by atomic mass is 35.5. The Hall–Kier alpha value is -2.64. The summed E-state index contributed by atoms with van der Waals surface area (Å²) in [6.07, 6.45) is 4.34. The van der Waals surface area contributed by atoms with Crippen LogP contribution in [0.1, 0.15) is 35.2 Å². The Kier molecular flexibility index (Phi) is 8.22. The summed E-state index contributed by atoms with van der Waals surface area (Å²) in [5.74, 6) is -0.00288. The van der Waals surface area contributed by atoms with Gasteiger partial charge in [-0.15, -0.1) is 0 Å². The van der Waals surface area contributed by atoms with Gasteiger partial charge in [-0.1, -0.05) is 17.7 Å². The Balaban J connectivity index is 0.000000640. The van der Waals surface area contributed by atoms with Crippen molar-refractivity contribution in [2.45, 2.75) is 19.3 Å². The van der Waals surface area contributed by atoms with Crippen molar-refractivity contribution in [2.75, 3.05) is 26.2 Å². The number of amides is 1. The number of nitrogens with zero attached hydrogens (tertiary/aromatic N) is 2. The fourth-order valence-electron chi connectivity index (χ4n) is 2.70. The molecular formula is C20H24ClN3O4. The maximum Gasteiger partial charge on any atom is 0.300 e. The number of likely N-dealkylation sites (tertiary alicyclic amines) is 1. The molecule has 0 saturated carbocycles. The largest absolute Gasteiger partial charge is 0.493 e. The number of benzene rings is 1. The number of rotatable bonds is 6. The number of halogens is 1. The highest BCUT2D eigenvalue weighted by Gasteiger charge is 2.33. The van der Waals surface area contributed by atoms with Crippen LogP contribution in [-0.4, -0.2) is 53.1 Å². The lowest BCUT2D eigenvalue weighted by molar-refractivity contribution is -0.134. The Morgan fingerprint density at radius 1 is 1.36 bits per heavy atom. The van der Waals surface area contributed by atoms with Crippen molar-refractivity contribution in [2.24, 2.45) is 5.73 Å². The number of aliphatic carboxylic acids is 1. The van der Waals surface area contributed by atoms with Crippen LogP contribution in [0.4, 0.5) is 0 Å². The van der Waals surface area contributed by atoms with Gasteiger partial charge in [0.2, 0.25) is 0 Å². The fraction of sp³-hybridized carbons (Fsp3) is 0.350. The van der Waals surface area contributed by atoms with Crippen LogP contribution >= 0.6 is 11.6 Å². The molecule has 1 aliphatic rings. The number of aromatic nitrogens is 1. The van der Waals surface area contributed by atoms with Gasteiger partial charge in [-0.3, -0.25) is 14.6 Å². The number of carbonyl (C=O) groups excluding carboxylic acids is 1. The molecule has 1 aliphatic heterocycles. The summed E-state index contributed by atoms with van der Waals surface area (Å²) in [5.41, 5.74) is 7.19. The number of pyridine rings is 1. The molecule has 0 bridgehead atoms. The van der Waals surface area contributed by atoms with Gasteiger partial charge in [-0.25, -0.2) is 0 Å². The van der Waals surface area contributed by atoms with E-state index in [0.717, 1.165) is 18.9 Å². The maximum absolute atomic E-state index is 12.7. The van der Waals surface area contributed by atoms with Gasteiger partial charge in [-0.05, 0) is 42.8 Å². The van der Waals surface area contributed by atoms with Crippen molar-refractivity contribution in [3.8, 4) is 5.75 Å². The lowest BCUT2D eigenvalue weighted by Crippen LogP contribution is -2.48. The van der Waals surface area contributed by atoms with Gasteiger partial charge in [0.1, 0.15) is 5.75 Å². The minimum absolute atomic E-state index is 0.0328. The van der Waals surface area contributed by atoms with Crippen molar-refractivity contribution >= 4 is 23.5 Å². The average molecular weight is 406 g/mol. The lowest BCUT2D eigenvalue weighted by atomic mass is 9.92. The molecule has 3 rings (SSSR count). The maximum atomic E-state index is 12.7. The first kappa shape index (κ1) is 21.7. The van der Waals surface area contributed by atoms with Gasteiger partial charge in [0.25, 0.3) is 11.9 Å². The van der Waals surface area contributed by atoms with Gasteiger partial charge >= 0.3 is 0 Å². The number of carbonyl (C=O) groups is 2. The Morgan fingerprint density at radius 2 is 2.07 bits per heavy atom. The van der Waals surface area contributed by atoms with Gasteiger partial charge in [0.05, 0.1) is 12.2 Å². The van der Waals surface area contributed by atoms with E-state index in [4.69, 9.17) is 32.0 Å². The highest BCUT2D eigenvalue weighted by Crippen LogP contribution is 2.31. The van der Waals surface area contributed by atoms with Gasteiger partial charge in [0, 0.05) is 43.3 Å². The monoisotopic (exact) mass is 405 g/mol. The smallest absolute Gasteiger partial charge is 0.300 e. The SMILES string of the molecule is CC(=O)O.NCCCOc1cc(Cl)ccc1C(=O)N1CC(c2cccnc2)C1. The second kappa shape index (κ2) is 10.6. The normalized spacial score (nSPS) is 13.2. The molecule has 7 nitrogen and oxygen atoms in total. The number of ether oxygens (including phenoxy) is 1. The van der Waals surface area contributed by atoms with Crippen LogP contribution in [-0.2, 0) is 4.79 Å². The second-order valence-corrected chi connectivity index (χ2v) is 6.78. The van der Waals surface area contributed by atoms with Crippen LogP contribution in [0.2, 0.25) is 5.02 Å². The van der Waals surface area contributed by atoms with E-state index in [2.05, 4.69) is 4.98 Å². The summed E-state index contributed by atoms with van der Waals surface area (Å²) in [5, 5.41) is 7.96. The molecule has 8 heteroatoms. The number of hydrogen-bond acceptors (Lipinski definition) is 5. The van der Waals surface area contributed by atoms with Crippen LogP contribution in [0.5, 0.6) is 5.75 Å². The van der Waals surface area contributed by atoms with Crippen LogP contribution in [0.25, 0.3) is 0 Å². The first-order valence-corrected chi connectivity index (χ1v) is 9.31. The fourth-order valence-corrected chi connectivity index (χ4v) is 2.86. The molecule has 0 atom stereocenters. The number of carboxylic acid groups (broad SMARTS) is 1. The summed E-state index contributed by atoms with van der Waals surface area (Å²) < 4.78 is 5.69. The molecule has 0 radical (unpaired) electrons. The van der Waals surface area contributed by atoms with E-state index in [9.17, 15) is 4.79 Å². The zero-order valence-electron chi connectivity index (χ0n) is 15.7. The zero-order chi connectivity index (χ0) is 20.5. The molecule has 0 aliphatic carbocycles. The topological polar surface area (TPSA) is 106 Å². The molecule has 2 heterocycles. The van der Waals surface area contributed by atoms with E-state index in [1.807, 2.05) is 23.2 Å². The first-order chi connectivity index (χ1) is 13.4. The molecule has 0 spiro atoms. The van der Waals surface area contributed by atoms with E-state index in [-0.39, 0.29) is 5.91 Å². The average Bonchev–Trinajstić information content (AvgIpc) is 2.61. The van der Waals surface area contributed by atoms with Gasteiger partial charge in [-0.2, -0.15) is 0 Å².